The van der Waals surface area contributed by atoms with Crippen molar-refractivity contribution in [1.82, 2.24) is 15.1 Å². The SMILES string of the molecule is CCNC(=NCC1CCN(C)C1)N(C)Cc1ccccc1C.I. The van der Waals surface area contributed by atoms with Crippen LogP contribution < -0.4 is 5.32 Å². The fourth-order valence-electron chi connectivity index (χ4n) is 2.98. The number of hydrogen-bond acceptors (Lipinski definition) is 2. The molecule has 1 aromatic carbocycles. The molecule has 1 heterocycles. The number of likely N-dealkylation sites (tertiary alicyclic amines) is 1. The van der Waals surface area contributed by atoms with Crippen LogP contribution in [-0.4, -0.2) is 56.0 Å². The van der Waals surface area contributed by atoms with E-state index >= 15 is 0 Å². The number of nitrogens with zero attached hydrogens (tertiary/aromatic N) is 3. The zero-order chi connectivity index (χ0) is 15.9. The summed E-state index contributed by atoms with van der Waals surface area (Å²) >= 11 is 0. The van der Waals surface area contributed by atoms with Crippen LogP contribution >= 0.6 is 24.0 Å². The Balaban J connectivity index is 0.00000264. The highest BCUT2D eigenvalue weighted by molar-refractivity contribution is 14.0. The third kappa shape index (κ3) is 6.30. The zero-order valence-electron chi connectivity index (χ0n) is 14.9. The highest BCUT2D eigenvalue weighted by Crippen LogP contribution is 2.15. The molecule has 0 amide bonds. The van der Waals surface area contributed by atoms with Crippen molar-refractivity contribution in [3.63, 3.8) is 0 Å². The third-order valence-corrected chi connectivity index (χ3v) is 4.35. The van der Waals surface area contributed by atoms with E-state index < -0.39 is 0 Å². The summed E-state index contributed by atoms with van der Waals surface area (Å²) in [5.41, 5.74) is 2.69. The summed E-state index contributed by atoms with van der Waals surface area (Å²) < 4.78 is 0. The van der Waals surface area contributed by atoms with Crippen molar-refractivity contribution in [2.75, 3.05) is 40.3 Å². The van der Waals surface area contributed by atoms with Crippen molar-refractivity contribution in [3.8, 4) is 0 Å². The number of benzene rings is 1. The second kappa shape index (κ2) is 10.1. The molecule has 2 rings (SSSR count). The topological polar surface area (TPSA) is 30.9 Å². The lowest BCUT2D eigenvalue weighted by atomic mass is 10.1. The molecule has 130 valence electrons. The van der Waals surface area contributed by atoms with Gasteiger partial charge in [0.05, 0.1) is 0 Å². The van der Waals surface area contributed by atoms with Crippen molar-refractivity contribution in [2.24, 2.45) is 10.9 Å². The fourth-order valence-corrected chi connectivity index (χ4v) is 2.98. The largest absolute Gasteiger partial charge is 0.357 e. The smallest absolute Gasteiger partial charge is 0.193 e. The van der Waals surface area contributed by atoms with Crippen LogP contribution in [0.4, 0.5) is 0 Å². The van der Waals surface area contributed by atoms with Crippen molar-refractivity contribution in [1.29, 1.82) is 0 Å². The van der Waals surface area contributed by atoms with Crippen LogP contribution in [0.2, 0.25) is 0 Å². The van der Waals surface area contributed by atoms with Crippen LogP contribution in [0.5, 0.6) is 0 Å². The van der Waals surface area contributed by atoms with Gasteiger partial charge in [-0.2, -0.15) is 0 Å². The van der Waals surface area contributed by atoms with E-state index in [0.29, 0.717) is 5.92 Å². The van der Waals surface area contributed by atoms with Gasteiger partial charge in [0.15, 0.2) is 5.96 Å². The minimum absolute atomic E-state index is 0. The maximum absolute atomic E-state index is 4.86. The molecule has 0 spiro atoms. The van der Waals surface area contributed by atoms with E-state index in [4.69, 9.17) is 4.99 Å². The Labute approximate surface area is 158 Å². The number of nitrogens with one attached hydrogen (secondary N) is 1. The van der Waals surface area contributed by atoms with Crippen LogP contribution in [0.25, 0.3) is 0 Å². The van der Waals surface area contributed by atoms with Crippen LogP contribution in [0.1, 0.15) is 24.5 Å². The molecule has 5 heteroatoms. The number of rotatable bonds is 5. The van der Waals surface area contributed by atoms with Crippen molar-refractivity contribution in [2.45, 2.75) is 26.8 Å². The monoisotopic (exact) mass is 430 g/mol. The number of aliphatic imine (C=N–C) groups is 1. The summed E-state index contributed by atoms with van der Waals surface area (Å²) in [6.45, 7) is 9.39. The molecule has 1 unspecified atom stereocenters. The summed E-state index contributed by atoms with van der Waals surface area (Å²) in [4.78, 5) is 9.48. The van der Waals surface area contributed by atoms with E-state index in [1.54, 1.807) is 0 Å². The molecule has 1 atom stereocenters. The molecule has 4 nitrogen and oxygen atoms in total. The van der Waals surface area contributed by atoms with Gasteiger partial charge in [0.2, 0.25) is 0 Å². The average molecular weight is 430 g/mol. The van der Waals surface area contributed by atoms with Gasteiger partial charge in [0, 0.05) is 33.2 Å². The molecular weight excluding hydrogens is 399 g/mol. The molecule has 1 saturated heterocycles. The Morgan fingerprint density at radius 1 is 1.39 bits per heavy atom. The summed E-state index contributed by atoms with van der Waals surface area (Å²) in [7, 11) is 4.31. The maximum Gasteiger partial charge on any atom is 0.193 e. The number of guanidine groups is 1. The number of aryl methyl sites for hydroxylation is 1. The van der Waals surface area contributed by atoms with Gasteiger partial charge in [0.1, 0.15) is 0 Å². The Kier molecular flexibility index (Phi) is 8.91. The first-order valence-electron chi connectivity index (χ1n) is 8.32. The number of hydrogen-bond donors (Lipinski definition) is 1. The van der Waals surface area contributed by atoms with Crippen LogP contribution in [0.3, 0.4) is 0 Å². The molecule has 1 aliphatic heterocycles. The van der Waals surface area contributed by atoms with E-state index in [-0.39, 0.29) is 24.0 Å². The van der Waals surface area contributed by atoms with Gasteiger partial charge < -0.3 is 15.1 Å². The average Bonchev–Trinajstić information content (AvgIpc) is 2.91. The third-order valence-electron chi connectivity index (χ3n) is 4.35. The van der Waals surface area contributed by atoms with Crippen molar-refractivity contribution >= 4 is 29.9 Å². The molecule has 0 saturated carbocycles. The Hall–Kier alpha value is -0.820. The van der Waals surface area contributed by atoms with E-state index in [1.807, 2.05) is 0 Å². The van der Waals surface area contributed by atoms with Gasteiger partial charge in [-0.15, -0.1) is 24.0 Å². The fraction of sp³-hybridized carbons (Fsp3) is 0.611. The van der Waals surface area contributed by atoms with Gasteiger partial charge in [0.25, 0.3) is 0 Å². The molecule has 0 bridgehead atoms. The van der Waals surface area contributed by atoms with Crippen molar-refractivity contribution in [3.05, 3.63) is 35.4 Å². The first-order valence-corrected chi connectivity index (χ1v) is 8.32. The first-order chi connectivity index (χ1) is 10.6. The van der Waals surface area contributed by atoms with Gasteiger partial charge in [-0.3, -0.25) is 4.99 Å². The second-order valence-corrected chi connectivity index (χ2v) is 6.39. The standard InChI is InChI=1S/C18H30N4.HI/c1-5-19-18(20-12-16-10-11-21(3)13-16)22(4)14-17-9-7-6-8-15(17)2;/h6-9,16H,5,10-14H2,1-4H3,(H,19,20);1H. The van der Waals surface area contributed by atoms with Gasteiger partial charge >= 0.3 is 0 Å². The summed E-state index contributed by atoms with van der Waals surface area (Å²) in [5, 5.41) is 3.42. The van der Waals surface area contributed by atoms with Crippen LogP contribution in [-0.2, 0) is 6.54 Å². The molecule has 0 radical (unpaired) electrons. The Morgan fingerprint density at radius 2 is 2.13 bits per heavy atom. The molecule has 1 fully saturated rings. The zero-order valence-corrected chi connectivity index (χ0v) is 17.2. The maximum atomic E-state index is 4.86. The van der Waals surface area contributed by atoms with Gasteiger partial charge in [-0.25, -0.2) is 0 Å². The lowest BCUT2D eigenvalue weighted by Crippen LogP contribution is -2.39. The van der Waals surface area contributed by atoms with Gasteiger partial charge in [-0.05, 0) is 50.9 Å². The molecular formula is C18H31IN4. The van der Waals surface area contributed by atoms with E-state index in [9.17, 15) is 0 Å². The number of halogens is 1. The molecule has 1 aliphatic rings. The Bertz CT molecular complexity index is 504. The van der Waals surface area contributed by atoms with Crippen LogP contribution in [0, 0.1) is 12.8 Å². The lowest BCUT2D eigenvalue weighted by Gasteiger charge is -2.23. The normalized spacial score (nSPS) is 18.6. The summed E-state index contributed by atoms with van der Waals surface area (Å²) in [6.07, 6.45) is 1.26. The van der Waals surface area contributed by atoms with Crippen molar-refractivity contribution < 1.29 is 0 Å². The summed E-state index contributed by atoms with van der Waals surface area (Å²) in [6, 6.07) is 8.56. The Morgan fingerprint density at radius 3 is 2.74 bits per heavy atom. The highest BCUT2D eigenvalue weighted by atomic mass is 127. The summed E-state index contributed by atoms with van der Waals surface area (Å²) in [5.74, 6) is 1.71. The van der Waals surface area contributed by atoms with Crippen LogP contribution in [0.15, 0.2) is 29.3 Å². The van der Waals surface area contributed by atoms with E-state index in [1.165, 1.54) is 30.6 Å². The minimum atomic E-state index is 0. The molecule has 1 aromatic rings. The van der Waals surface area contributed by atoms with E-state index in [2.05, 4.69) is 67.3 Å². The molecule has 1 N–H and O–H groups in total. The predicted octanol–water partition coefficient (Wildman–Crippen LogP) is 2.96. The highest BCUT2D eigenvalue weighted by Gasteiger charge is 2.19. The molecule has 0 aliphatic carbocycles. The second-order valence-electron chi connectivity index (χ2n) is 6.39. The quantitative estimate of drug-likeness (QED) is 0.443. The predicted molar refractivity (Wildman–Crippen MR) is 110 cm³/mol. The molecule has 0 aromatic heterocycles. The first kappa shape index (κ1) is 20.2. The lowest BCUT2D eigenvalue weighted by molar-refractivity contribution is 0.396. The van der Waals surface area contributed by atoms with Gasteiger partial charge in [-0.1, -0.05) is 24.3 Å². The molecule has 23 heavy (non-hydrogen) atoms. The van der Waals surface area contributed by atoms with E-state index in [0.717, 1.165) is 25.6 Å². The minimum Gasteiger partial charge on any atom is -0.357 e.